The summed E-state index contributed by atoms with van der Waals surface area (Å²) in [6, 6.07) is 10.8. The van der Waals surface area contributed by atoms with Crippen molar-refractivity contribution >= 4 is 38.9 Å². The minimum Gasteiger partial charge on any atom is -0.464 e. The van der Waals surface area contributed by atoms with Crippen LogP contribution in [0.1, 0.15) is 23.8 Å². The highest BCUT2D eigenvalue weighted by Gasteiger charge is 2.30. The predicted molar refractivity (Wildman–Crippen MR) is 110 cm³/mol. The lowest BCUT2D eigenvalue weighted by atomic mass is 10.2. The molecule has 2 aromatic heterocycles. The van der Waals surface area contributed by atoms with Crippen LogP contribution < -0.4 is 9.62 Å². The van der Waals surface area contributed by atoms with Crippen molar-refractivity contribution in [1.82, 2.24) is 4.72 Å². The van der Waals surface area contributed by atoms with Crippen molar-refractivity contribution in [2.75, 3.05) is 11.4 Å². The Bertz CT molecular complexity index is 1150. The van der Waals surface area contributed by atoms with E-state index < -0.39 is 16.1 Å². The van der Waals surface area contributed by atoms with Gasteiger partial charge in [0, 0.05) is 35.2 Å². The summed E-state index contributed by atoms with van der Waals surface area (Å²) in [6.45, 7) is -0.203. The molecule has 1 fully saturated rings. The number of hydrogen-bond acceptors (Lipinski definition) is 7. The van der Waals surface area contributed by atoms with Crippen LogP contribution in [-0.2, 0) is 19.6 Å². The number of imide groups is 1. The fraction of sp³-hybridized carbons (Fsp3) is 0.200. The van der Waals surface area contributed by atoms with Crippen molar-refractivity contribution in [3.05, 3.63) is 59.0 Å². The highest BCUT2D eigenvalue weighted by atomic mass is 32.2. The molecule has 3 aromatic rings. The molecule has 8 nitrogen and oxygen atoms in total. The van der Waals surface area contributed by atoms with Gasteiger partial charge in [-0.25, -0.2) is 13.1 Å². The first-order chi connectivity index (χ1) is 14.3. The number of thiophene rings is 1. The van der Waals surface area contributed by atoms with E-state index in [0.717, 1.165) is 10.5 Å². The summed E-state index contributed by atoms with van der Waals surface area (Å²) in [6.07, 6.45) is 0.844. The summed E-state index contributed by atoms with van der Waals surface area (Å²) >= 11 is 1.30. The van der Waals surface area contributed by atoms with Crippen LogP contribution in [0, 0.1) is 0 Å². The molecule has 1 saturated heterocycles. The number of sulfonamides is 1. The van der Waals surface area contributed by atoms with Crippen LogP contribution in [0.4, 0.5) is 5.69 Å². The molecule has 0 radical (unpaired) electrons. The predicted octanol–water partition coefficient (Wildman–Crippen LogP) is 2.67. The fourth-order valence-corrected chi connectivity index (χ4v) is 5.03. The smallest absolute Gasteiger partial charge is 0.240 e. The highest BCUT2D eigenvalue weighted by molar-refractivity contribution is 7.89. The number of carbonyl (C=O) groups excluding carboxylic acids is 2. The molecule has 1 aromatic carbocycles. The Morgan fingerprint density at radius 1 is 1.13 bits per heavy atom. The number of carbonyl (C=O) groups is 2. The molecule has 0 bridgehead atoms. The zero-order valence-electron chi connectivity index (χ0n) is 15.6. The molecule has 4 rings (SSSR count). The van der Waals surface area contributed by atoms with Crippen molar-refractivity contribution in [3.8, 4) is 11.3 Å². The molecule has 1 aliphatic heterocycles. The first kappa shape index (κ1) is 20.5. The number of nitrogens with zero attached hydrogens (tertiary/aromatic N) is 1. The topological polar surface area (TPSA) is 117 Å². The molecule has 0 saturated carbocycles. The van der Waals surface area contributed by atoms with Gasteiger partial charge in [0.2, 0.25) is 21.8 Å². The maximum atomic E-state index is 12.5. The minimum atomic E-state index is -3.88. The van der Waals surface area contributed by atoms with Crippen molar-refractivity contribution in [2.45, 2.75) is 23.8 Å². The van der Waals surface area contributed by atoms with Gasteiger partial charge in [0.05, 0.1) is 16.8 Å². The molecule has 2 N–H and O–H groups in total. The average molecular weight is 447 g/mol. The molecule has 3 heterocycles. The third-order valence-electron chi connectivity index (χ3n) is 4.68. The van der Waals surface area contributed by atoms with Gasteiger partial charge in [-0.15, -0.1) is 11.3 Å². The zero-order chi connectivity index (χ0) is 21.3. The van der Waals surface area contributed by atoms with Crippen LogP contribution in [0.2, 0.25) is 0 Å². The third-order valence-corrected chi connectivity index (χ3v) is 7.15. The van der Waals surface area contributed by atoms with Crippen LogP contribution in [0.3, 0.4) is 0 Å². The lowest BCUT2D eigenvalue weighted by Gasteiger charge is -2.15. The normalized spacial score (nSPS) is 15.7. The highest BCUT2D eigenvalue weighted by Crippen LogP contribution is 2.30. The van der Waals surface area contributed by atoms with Gasteiger partial charge < -0.3 is 9.52 Å². The Morgan fingerprint density at radius 3 is 2.47 bits per heavy atom. The van der Waals surface area contributed by atoms with E-state index in [4.69, 9.17) is 4.42 Å². The van der Waals surface area contributed by atoms with Gasteiger partial charge in [-0.05, 0) is 42.5 Å². The van der Waals surface area contributed by atoms with Gasteiger partial charge in [0.1, 0.15) is 11.9 Å². The molecule has 30 heavy (non-hydrogen) atoms. The minimum absolute atomic E-state index is 0.0278. The molecule has 2 amide bonds. The summed E-state index contributed by atoms with van der Waals surface area (Å²) in [4.78, 5) is 25.2. The number of hydrogen-bond donors (Lipinski definition) is 2. The van der Waals surface area contributed by atoms with Crippen LogP contribution >= 0.6 is 11.3 Å². The first-order valence-corrected chi connectivity index (χ1v) is 11.5. The molecule has 1 aliphatic rings. The van der Waals surface area contributed by atoms with Crippen molar-refractivity contribution < 1.29 is 27.5 Å². The SMILES string of the molecule is O=C1CCC(=O)N1c1ccc(S(=O)(=O)NCC(O)c2cc(-c3ccco3)cs2)cc1. The number of aliphatic hydroxyl groups excluding tert-OH is 1. The molecule has 0 aliphatic carbocycles. The first-order valence-electron chi connectivity index (χ1n) is 9.11. The van der Waals surface area contributed by atoms with E-state index >= 15 is 0 Å². The zero-order valence-corrected chi connectivity index (χ0v) is 17.3. The lowest BCUT2D eigenvalue weighted by molar-refractivity contribution is -0.121. The Morgan fingerprint density at radius 2 is 1.83 bits per heavy atom. The van der Waals surface area contributed by atoms with Crippen molar-refractivity contribution in [2.24, 2.45) is 0 Å². The number of nitrogens with one attached hydrogen (secondary N) is 1. The standard InChI is InChI=1S/C20H18N2O6S2/c23-16(18-10-13(12-29-18)17-2-1-9-28-17)11-21-30(26,27)15-5-3-14(4-6-15)22-19(24)7-8-20(22)25/h1-6,9-10,12,16,21,23H,7-8,11H2. The molecule has 10 heteroatoms. The molecule has 156 valence electrons. The maximum Gasteiger partial charge on any atom is 0.240 e. The van der Waals surface area contributed by atoms with Crippen LogP contribution in [0.25, 0.3) is 11.3 Å². The number of benzene rings is 1. The monoisotopic (exact) mass is 446 g/mol. The van der Waals surface area contributed by atoms with E-state index in [1.807, 2.05) is 5.38 Å². The quantitative estimate of drug-likeness (QED) is 0.539. The van der Waals surface area contributed by atoms with Crippen LogP contribution in [0.15, 0.2) is 63.4 Å². The van der Waals surface area contributed by atoms with Crippen molar-refractivity contribution in [1.29, 1.82) is 0 Å². The molecule has 1 atom stereocenters. The molecular formula is C20H18N2O6S2. The Hall–Kier alpha value is -2.79. The lowest BCUT2D eigenvalue weighted by Crippen LogP contribution is -2.29. The maximum absolute atomic E-state index is 12.5. The van der Waals surface area contributed by atoms with Gasteiger partial charge in [0.25, 0.3) is 0 Å². The summed E-state index contributed by atoms with van der Waals surface area (Å²) in [7, 11) is -3.88. The van der Waals surface area contributed by atoms with Crippen LogP contribution in [0.5, 0.6) is 0 Å². The van der Waals surface area contributed by atoms with Gasteiger partial charge in [-0.1, -0.05) is 0 Å². The summed E-state index contributed by atoms with van der Waals surface area (Å²) < 4.78 is 32.8. The Balaban J connectivity index is 1.42. The fourth-order valence-electron chi connectivity index (χ4n) is 3.11. The largest absolute Gasteiger partial charge is 0.464 e. The van der Waals surface area contributed by atoms with E-state index in [-0.39, 0.29) is 36.1 Å². The second-order valence-electron chi connectivity index (χ2n) is 6.70. The van der Waals surface area contributed by atoms with Gasteiger partial charge in [-0.2, -0.15) is 0 Å². The summed E-state index contributed by atoms with van der Waals surface area (Å²) in [5, 5.41) is 12.2. The van der Waals surface area contributed by atoms with E-state index in [0.29, 0.717) is 16.3 Å². The molecule has 0 spiro atoms. The Kier molecular flexibility index (Phi) is 5.56. The number of aliphatic hydroxyl groups is 1. The summed E-state index contributed by atoms with van der Waals surface area (Å²) in [5.41, 5.74) is 1.15. The van der Waals surface area contributed by atoms with Crippen LogP contribution in [-0.4, -0.2) is 31.9 Å². The van der Waals surface area contributed by atoms with E-state index in [1.165, 1.54) is 35.6 Å². The van der Waals surface area contributed by atoms with E-state index in [2.05, 4.69) is 4.72 Å². The van der Waals surface area contributed by atoms with E-state index in [9.17, 15) is 23.1 Å². The second-order valence-corrected chi connectivity index (χ2v) is 9.41. The van der Waals surface area contributed by atoms with Gasteiger partial charge in [-0.3, -0.25) is 14.5 Å². The third kappa shape index (κ3) is 4.08. The van der Waals surface area contributed by atoms with E-state index in [1.54, 1.807) is 24.5 Å². The molecular weight excluding hydrogens is 428 g/mol. The number of amides is 2. The number of furan rings is 1. The number of rotatable bonds is 7. The molecule has 1 unspecified atom stereocenters. The van der Waals surface area contributed by atoms with Crippen molar-refractivity contribution in [3.63, 3.8) is 0 Å². The second kappa shape index (κ2) is 8.15. The van der Waals surface area contributed by atoms with Gasteiger partial charge >= 0.3 is 0 Å². The Labute approximate surface area is 176 Å². The number of anilines is 1. The average Bonchev–Trinajstić information content (AvgIpc) is 3.48. The summed E-state index contributed by atoms with van der Waals surface area (Å²) in [5.74, 6) is 0.0591. The van der Waals surface area contributed by atoms with Gasteiger partial charge in [0.15, 0.2) is 0 Å².